The van der Waals surface area contributed by atoms with Crippen LogP contribution in [0.3, 0.4) is 0 Å². The van der Waals surface area contributed by atoms with Crippen molar-refractivity contribution in [3.8, 4) is 0 Å². The summed E-state index contributed by atoms with van der Waals surface area (Å²) in [5, 5.41) is 15.1. The van der Waals surface area contributed by atoms with E-state index in [-0.39, 0.29) is 22.0 Å². The molecule has 0 aliphatic carbocycles. The highest BCUT2D eigenvalue weighted by molar-refractivity contribution is 8.00. The molecule has 3 aromatic carbocycles. The fraction of sp³-hybridized carbons (Fsp3) is 0.130. The number of nitro groups is 1. The summed E-state index contributed by atoms with van der Waals surface area (Å²) in [5.41, 5.74) is -0.582. The van der Waals surface area contributed by atoms with Crippen molar-refractivity contribution < 1.29 is 27.7 Å². The number of nitrogens with one attached hydrogen (secondary N) is 2. The zero-order chi connectivity index (χ0) is 25.8. The zero-order valence-corrected chi connectivity index (χ0v) is 19.5. The maximum Gasteiger partial charge on any atom is 0.416 e. The van der Waals surface area contributed by atoms with E-state index < -0.39 is 33.7 Å². The number of nitrogens with zero attached hydrogens (tertiary/aromatic N) is 1. The third kappa shape index (κ3) is 6.96. The second-order valence-corrected chi connectivity index (χ2v) is 9.05. The number of alkyl halides is 3. The van der Waals surface area contributed by atoms with Gasteiger partial charge in [0.05, 0.1) is 26.4 Å². The molecule has 12 heteroatoms. The van der Waals surface area contributed by atoms with Crippen LogP contribution >= 0.6 is 23.4 Å². The summed E-state index contributed by atoms with van der Waals surface area (Å²) in [4.78, 5) is 35.8. The van der Waals surface area contributed by atoms with Crippen LogP contribution in [-0.2, 0) is 11.0 Å². The second kappa shape index (κ2) is 10.8. The Hall–Kier alpha value is -3.57. The summed E-state index contributed by atoms with van der Waals surface area (Å²) in [6.07, 6.45) is -4.58. The molecule has 0 saturated carbocycles. The highest BCUT2D eigenvalue weighted by Gasteiger charge is 2.31. The number of carbonyl (C=O) groups excluding carboxylic acids is 2. The van der Waals surface area contributed by atoms with E-state index in [2.05, 4.69) is 10.6 Å². The topological polar surface area (TPSA) is 101 Å². The largest absolute Gasteiger partial charge is 0.416 e. The van der Waals surface area contributed by atoms with Crippen molar-refractivity contribution in [1.29, 1.82) is 0 Å². The van der Waals surface area contributed by atoms with Crippen LogP contribution in [-0.4, -0.2) is 22.0 Å². The van der Waals surface area contributed by atoms with Gasteiger partial charge in [0.1, 0.15) is 0 Å². The number of halogens is 4. The molecule has 2 N–H and O–H groups in total. The number of anilines is 2. The van der Waals surface area contributed by atoms with Gasteiger partial charge in [0.25, 0.3) is 11.6 Å². The Labute approximate surface area is 206 Å². The van der Waals surface area contributed by atoms with Gasteiger partial charge in [-0.25, -0.2) is 0 Å². The molecule has 0 aliphatic heterocycles. The summed E-state index contributed by atoms with van der Waals surface area (Å²) in [6, 6.07) is 14.4. The highest BCUT2D eigenvalue weighted by Crippen LogP contribution is 2.34. The van der Waals surface area contributed by atoms with Gasteiger partial charge in [-0.3, -0.25) is 19.7 Å². The lowest BCUT2D eigenvalue weighted by atomic mass is 10.2. The van der Waals surface area contributed by atoms with Crippen molar-refractivity contribution in [3.05, 3.63) is 93.0 Å². The van der Waals surface area contributed by atoms with E-state index in [1.54, 1.807) is 31.2 Å². The number of thioether (sulfide) groups is 1. The smallest absolute Gasteiger partial charge is 0.324 e. The summed E-state index contributed by atoms with van der Waals surface area (Å²) in [7, 11) is 0. The first kappa shape index (κ1) is 26.0. The minimum atomic E-state index is -4.58. The average Bonchev–Trinajstić information content (AvgIpc) is 2.80. The molecule has 182 valence electrons. The summed E-state index contributed by atoms with van der Waals surface area (Å²) in [5.74, 6) is -1.04. The second-order valence-electron chi connectivity index (χ2n) is 7.23. The van der Waals surface area contributed by atoms with E-state index in [4.69, 9.17) is 11.6 Å². The molecule has 0 bridgehead atoms. The van der Waals surface area contributed by atoms with Gasteiger partial charge in [0.2, 0.25) is 5.91 Å². The van der Waals surface area contributed by atoms with E-state index in [0.29, 0.717) is 10.6 Å². The van der Waals surface area contributed by atoms with Crippen LogP contribution in [0.25, 0.3) is 0 Å². The van der Waals surface area contributed by atoms with Gasteiger partial charge >= 0.3 is 6.18 Å². The molecule has 0 aromatic heterocycles. The number of hydrogen-bond donors (Lipinski definition) is 2. The molecule has 0 radical (unpaired) electrons. The first-order valence-corrected chi connectivity index (χ1v) is 11.2. The molecule has 1 atom stereocenters. The van der Waals surface area contributed by atoms with Crippen molar-refractivity contribution in [2.24, 2.45) is 0 Å². The van der Waals surface area contributed by atoms with Crippen LogP contribution in [0.15, 0.2) is 71.6 Å². The van der Waals surface area contributed by atoms with E-state index in [0.717, 1.165) is 30.0 Å². The van der Waals surface area contributed by atoms with Gasteiger partial charge in [0.15, 0.2) is 0 Å². The first-order chi connectivity index (χ1) is 16.4. The maximum absolute atomic E-state index is 13.0. The Balaban J connectivity index is 1.65. The van der Waals surface area contributed by atoms with E-state index in [1.165, 1.54) is 24.3 Å². The molecule has 0 heterocycles. The van der Waals surface area contributed by atoms with Crippen LogP contribution in [0.1, 0.15) is 22.8 Å². The normalized spacial score (nSPS) is 12.0. The molecular formula is C23H17ClF3N3O4S. The number of carbonyl (C=O) groups is 2. The fourth-order valence-corrected chi connectivity index (χ4v) is 3.97. The molecule has 7 nitrogen and oxygen atoms in total. The van der Waals surface area contributed by atoms with E-state index >= 15 is 0 Å². The number of nitro benzene ring substituents is 1. The van der Waals surface area contributed by atoms with Crippen LogP contribution in [0, 0.1) is 10.1 Å². The number of hydrogen-bond acceptors (Lipinski definition) is 5. The predicted molar refractivity (Wildman–Crippen MR) is 128 cm³/mol. The third-order valence-corrected chi connectivity index (χ3v) is 6.09. The molecule has 35 heavy (non-hydrogen) atoms. The molecule has 1 unspecified atom stereocenters. The number of rotatable bonds is 7. The van der Waals surface area contributed by atoms with Gasteiger partial charge in [0, 0.05) is 28.3 Å². The van der Waals surface area contributed by atoms with Crippen LogP contribution in [0.2, 0.25) is 5.02 Å². The molecule has 0 saturated heterocycles. The van der Waals surface area contributed by atoms with Crippen LogP contribution in [0.4, 0.5) is 30.2 Å². The Bertz CT molecular complexity index is 1270. The summed E-state index contributed by atoms with van der Waals surface area (Å²) in [6.45, 7) is 1.57. The van der Waals surface area contributed by atoms with Gasteiger partial charge in [-0.15, -0.1) is 11.8 Å². The summed E-state index contributed by atoms with van der Waals surface area (Å²) < 4.78 is 38.9. The molecule has 0 fully saturated rings. The Kier molecular flexibility index (Phi) is 8.03. The Morgan fingerprint density at radius 2 is 1.71 bits per heavy atom. The number of amides is 2. The Morgan fingerprint density at radius 3 is 2.34 bits per heavy atom. The van der Waals surface area contributed by atoms with Crippen molar-refractivity contribution >= 4 is 52.2 Å². The van der Waals surface area contributed by atoms with Crippen molar-refractivity contribution in [1.82, 2.24) is 0 Å². The van der Waals surface area contributed by atoms with Crippen molar-refractivity contribution in [2.45, 2.75) is 23.2 Å². The standard InChI is InChI=1S/C23H17ClF3N3O4S/c1-13(21(31)29-20-11-15(23(25,26)27)7-10-19(20)24)35-18-4-2-3-16(12-18)28-22(32)14-5-8-17(9-6-14)30(33)34/h2-13H,1H3,(H,28,32)(H,29,31). The van der Waals surface area contributed by atoms with Gasteiger partial charge in [-0.2, -0.15) is 13.2 Å². The molecule has 3 rings (SSSR count). The third-order valence-electron chi connectivity index (χ3n) is 4.67. The molecular weight excluding hydrogens is 507 g/mol. The minimum absolute atomic E-state index is 0.0282. The van der Waals surface area contributed by atoms with Gasteiger partial charge in [-0.1, -0.05) is 17.7 Å². The maximum atomic E-state index is 13.0. The molecule has 0 spiro atoms. The summed E-state index contributed by atoms with van der Waals surface area (Å²) >= 11 is 7.06. The molecule has 2 amide bonds. The van der Waals surface area contributed by atoms with Crippen molar-refractivity contribution in [3.63, 3.8) is 0 Å². The SMILES string of the molecule is CC(Sc1cccc(NC(=O)c2ccc([N+](=O)[O-])cc2)c1)C(=O)Nc1cc(C(F)(F)F)ccc1Cl. The number of non-ortho nitro benzene ring substituents is 1. The lowest BCUT2D eigenvalue weighted by molar-refractivity contribution is -0.384. The van der Waals surface area contributed by atoms with Gasteiger partial charge in [-0.05, 0) is 55.5 Å². The van der Waals surface area contributed by atoms with Gasteiger partial charge < -0.3 is 10.6 Å². The van der Waals surface area contributed by atoms with E-state index in [1.807, 2.05) is 0 Å². The van der Waals surface area contributed by atoms with Crippen LogP contribution in [0.5, 0.6) is 0 Å². The van der Waals surface area contributed by atoms with Crippen molar-refractivity contribution in [2.75, 3.05) is 10.6 Å². The lowest BCUT2D eigenvalue weighted by Crippen LogP contribution is -2.23. The first-order valence-electron chi connectivity index (χ1n) is 9.94. The Morgan fingerprint density at radius 1 is 1.03 bits per heavy atom. The number of benzene rings is 3. The predicted octanol–water partition coefficient (Wildman–Crippen LogP) is 6.64. The zero-order valence-electron chi connectivity index (χ0n) is 17.9. The lowest BCUT2D eigenvalue weighted by Gasteiger charge is -2.15. The minimum Gasteiger partial charge on any atom is -0.324 e. The average molecular weight is 524 g/mol. The highest BCUT2D eigenvalue weighted by atomic mass is 35.5. The quantitative estimate of drug-likeness (QED) is 0.205. The van der Waals surface area contributed by atoms with E-state index in [9.17, 15) is 32.9 Å². The fourth-order valence-electron chi connectivity index (χ4n) is 2.87. The van der Waals surface area contributed by atoms with Crippen LogP contribution < -0.4 is 10.6 Å². The monoisotopic (exact) mass is 523 g/mol. The molecule has 0 aliphatic rings. The molecule has 3 aromatic rings.